The molecule has 1 aliphatic heterocycles. The van der Waals surface area contributed by atoms with E-state index in [2.05, 4.69) is 74.9 Å². The van der Waals surface area contributed by atoms with Crippen LogP contribution in [0, 0.1) is 25.2 Å². The molecule has 35 heavy (non-hydrogen) atoms. The third-order valence-corrected chi connectivity index (χ3v) is 7.47. The van der Waals surface area contributed by atoms with E-state index in [0.717, 1.165) is 29.9 Å². The highest BCUT2D eigenvalue weighted by molar-refractivity contribution is 7.99. The Bertz CT molecular complexity index is 1410. The molecule has 176 valence electrons. The van der Waals surface area contributed by atoms with Crippen LogP contribution in [0.4, 0.5) is 11.4 Å². The summed E-state index contributed by atoms with van der Waals surface area (Å²) in [6, 6.07) is 19.0. The maximum Gasteiger partial charge on any atom is 0.220 e. The number of benzene rings is 2. The second kappa shape index (κ2) is 9.80. The summed E-state index contributed by atoms with van der Waals surface area (Å²) in [4.78, 5) is 22.0. The van der Waals surface area contributed by atoms with Gasteiger partial charge in [-0.05, 0) is 56.5 Å². The molecule has 4 aromatic rings. The molecule has 0 saturated heterocycles. The van der Waals surface area contributed by atoms with Crippen LogP contribution in [0.15, 0.2) is 64.5 Å². The molecule has 1 N–H and O–H groups in total. The summed E-state index contributed by atoms with van der Waals surface area (Å²) in [5.41, 5.74) is 6.21. The number of nitrogens with one attached hydrogen (secondary N) is 1. The van der Waals surface area contributed by atoms with E-state index in [-0.39, 0.29) is 5.91 Å². The second-order valence-corrected chi connectivity index (χ2v) is 9.64. The molecule has 2 aromatic carbocycles. The predicted molar refractivity (Wildman–Crippen MR) is 137 cm³/mol. The first-order valence-corrected chi connectivity index (χ1v) is 12.5. The number of amides is 1. The number of hydrogen-bond donors (Lipinski definition) is 1. The van der Waals surface area contributed by atoms with E-state index >= 15 is 0 Å². The predicted octanol–water partition coefficient (Wildman–Crippen LogP) is 4.96. The maximum absolute atomic E-state index is 12.6. The molecule has 7 nitrogen and oxygen atoms in total. The van der Waals surface area contributed by atoms with Crippen LogP contribution in [0.1, 0.15) is 35.4 Å². The Hall–Kier alpha value is -3.83. The van der Waals surface area contributed by atoms with Crippen molar-refractivity contribution < 1.29 is 4.79 Å². The standard InChI is InChI=1S/C27H26N6OS/c1-18-21(19(2)33-27(31-18)20(16-28)17-30-33)12-13-26(34)29-14-7-15-32-22-8-3-5-10-24(22)35-25-11-6-4-9-23(25)32/h3-6,8-11,17H,7,12-15H2,1-2H3,(H,29,34). The highest BCUT2D eigenvalue weighted by Crippen LogP contribution is 2.47. The summed E-state index contributed by atoms with van der Waals surface area (Å²) >= 11 is 1.80. The van der Waals surface area contributed by atoms with Crippen LogP contribution in [0.3, 0.4) is 0 Å². The zero-order valence-electron chi connectivity index (χ0n) is 19.8. The van der Waals surface area contributed by atoms with Gasteiger partial charge in [-0.25, -0.2) is 9.50 Å². The summed E-state index contributed by atoms with van der Waals surface area (Å²) in [6.07, 6.45) is 3.34. The lowest BCUT2D eigenvalue weighted by Crippen LogP contribution is -2.29. The van der Waals surface area contributed by atoms with Crippen LogP contribution >= 0.6 is 11.8 Å². The molecule has 3 heterocycles. The number of para-hydroxylation sites is 2. The van der Waals surface area contributed by atoms with Crippen LogP contribution in [0.2, 0.25) is 0 Å². The minimum Gasteiger partial charge on any atom is -0.356 e. The Labute approximate surface area is 208 Å². The van der Waals surface area contributed by atoms with Crippen molar-refractivity contribution in [3.63, 3.8) is 0 Å². The van der Waals surface area contributed by atoms with E-state index in [0.29, 0.717) is 30.6 Å². The first-order valence-electron chi connectivity index (χ1n) is 11.7. The Morgan fingerprint density at radius 2 is 1.77 bits per heavy atom. The monoisotopic (exact) mass is 482 g/mol. The molecule has 0 fully saturated rings. The lowest BCUT2D eigenvalue weighted by Gasteiger charge is -2.32. The van der Waals surface area contributed by atoms with Crippen molar-refractivity contribution in [1.82, 2.24) is 19.9 Å². The minimum absolute atomic E-state index is 0.0251. The molecule has 1 amide bonds. The van der Waals surface area contributed by atoms with E-state index < -0.39 is 0 Å². The SMILES string of the molecule is Cc1nc2c(C#N)cnn2c(C)c1CCC(=O)NCCCN1c2ccccc2Sc2ccccc21. The summed E-state index contributed by atoms with van der Waals surface area (Å²) in [5, 5.41) is 16.6. The van der Waals surface area contributed by atoms with Crippen LogP contribution in [0.25, 0.3) is 5.65 Å². The maximum atomic E-state index is 12.6. The number of rotatable bonds is 7. The summed E-state index contributed by atoms with van der Waals surface area (Å²) in [7, 11) is 0. The number of hydrogen-bond acceptors (Lipinski definition) is 6. The van der Waals surface area contributed by atoms with Crippen molar-refractivity contribution >= 4 is 34.7 Å². The topological polar surface area (TPSA) is 86.3 Å². The number of aryl methyl sites for hydroxylation is 2. The van der Waals surface area contributed by atoms with Crippen molar-refractivity contribution in [1.29, 1.82) is 5.26 Å². The van der Waals surface area contributed by atoms with Gasteiger partial charge in [0, 0.05) is 40.7 Å². The van der Waals surface area contributed by atoms with E-state index in [4.69, 9.17) is 0 Å². The Morgan fingerprint density at radius 1 is 1.09 bits per heavy atom. The smallest absolute Gasteiger partial charge is 0.220 e. The zero-order chi connectivity index (χ0) is 24.4. The van der Waals surface area contributed by atoms with Gasteiger partial charge in [-0.15, -0.1) is 0 Å². The molecule has 0 atom stereocenters. The van der Waals surface area contributed by atoms with Crippen LogP contribution in [-0.4, -0.2) is 33.6 Å². The molecule has 0 aliphatic carbocycles. The molecule has 0 radical (unpaired) electrons. The number of nitriles is 1. The largest absolute Gasteiger partial charge is 0.356 e. The molecule has 0 saturated carbocycles. The summed E-state index contributed by atoms with van der Waals surface area (Å²) < 4.78 is 1.69. The van der Waals surface area contributed by atoms with Crippen molar-refractivity contribution in [3.05, 3.63) is 77.2 Å². The van der Waals surface area contributed by atoms with E-state index in [9.17, 15) is 10.1 Å². The number of nitrogens with zero attached hydrogens (tertiary/aromatic N) is 5. The van der Waals surface area contributed by atoms with Gasteiger partial charge >= 0.3 is 0 Å². The van der Waals surface area contributed by atoms with Gasteiger partial charge in [0.1, 0.15) is 11.6 Å². The van der Waals surface area contributed by atoms with Gasteiger partial charge < -0.3 is 10.2 Å². The van der Waals surface area contributed by atoms with Gasteiger partial charge in [0.15, 0.2) is 5.65 Å². The minimum atomic E-state index is 0.0251. The van der Waals surface area contributed by atoms with E-state index in [1.54, 1.807) is 16.3 Å². The average Bonchev–Trinajstić information content (AvgIpc) is 3.28. The lowest BCUT2D eigenvalue weighted by molar-refractivity contribution is -0.121. The van der Waals surface area contributed by atoms with Gasteiger partial charge in [0.05, 0.1) is 17.6 Å². The van der Waals surface area contributed by atoms with Gasteiger partial charge in [0.25, 0.3) is 0 Å². The fourth-order valence-electron chi connectivity index (χ4n) is 4.57. The highest BCUT2D eigenvalue weighted by atomic mass is 32.2. The number of fused-ring (bicyclic) bond motifs is 3. The molecule has 0 unspecified atom stereocenters. The molecule has 0 bridgehead atoms. The number of anilines is 2. The number of carbonyl (C=O) groups excluding carboxylic acids is 1. The molecular weight excluding hydrogens is 456 g/mol. The first-order chi connectivity index (χ1) is 17.1. The van der Waals surface area contributed by atoms with Crippen LogP contribution in [-0.2, 0) is 11.2 Å². The van der Waals surface area contributed by atoms with Gasteiger partial charge in [0.2, 0.25) is 5.91 Å². The number of aromatic nitrogens is 3. The average molecular weight is 483 g/mol. The number of carbonyl (C=O) groups is 1. The Morgan fingerprint density at radius 3 is 2.46 bits per heavy atom. The van der Waals surface area contributed by atoms with Gasteiger partial charge in [-0.3, -0.25) is 4.79 Å². The van der Waals surface area contributed by atoms with Crippen LogP contribution < -0.4 is 10.2 Å². The van der Waals surface area contributed by atoms with E-state index in [1.807, 2.05) is 13.8 Å². The zero-order valence-corrected chi connectivity index (χ0v) is 20.6. The lowest BCUT2D eigenvalue weighted by atomic mass is 10.1. The second-order valence-electron chi connectivity index (χ2n) is 8.56. The first kappa shape index (κ1) is 22.9. The molecular formula is C27H26N6OS. The molecule has 2 aromatic heterocycles. The third-order valence-electron chi connectivity index (χ3n) is 6.34. The third kappa shape index (κ3) is 4.47. The van der Waals surface area contributed by atoms with Crippen molar-refractivity contribution in [3.8, 4) is 6.07 Å². The fraction of sp³-hybridized carbons (Fsp3) is 0.259. The van der Waals surface area contributed by atoms with E-state index in [1.165, 1.54) is 27.4 Å². The molecule has 8 heteroatoms. The van der Waals surface area contributed by atoms with Crippen molar-refractivity contribution in [2.75, 3.05) is 18.0 Å². The van der Waals surface area contributed by atoms with Gasteiger partial charge in [-0.2, -0.15) is 10.4 Å². The van der Waals surface area contributed by atoms with Crippen LogP contribution in [0.5, 0.6) is 0 Å². The highest BCUT2D eigenvalue weighted by Gasteiger charge is 2.22. The Balaban J connectivity index is 1.18. The fourth-order valence-corrected chi connectivity index (χ4v) is 5.66. The molecule has 0 spiro atoms. The van der Waals surface area contributed by atoms with Crippen molar-refractivity contribution in [2.24, 2.45) is 0 Å². The summed E-state index contributed by atoms with van der Waals surface area (Å²) in [6.45, 7) is 5.32. The van der Waals surface area contributed by atoms with Gasteiger partial charge in [-0.1, -0.05) is 36.0 Å². The summed E-state index contributed by atoms with van der Waals surface area (Å²) in [5.74, 6) is 0.0251. The molecule has 1 aliphatic rings. The quantitative estimate of drug-likeness (QED) is 0.375. The molecule has 5 rings (SSSR count). The van der Waals surface area contributed by atoms with Crippen molar-refractivity contribution in [2.45, 2.75) is 42.9 Å². The Kier molecular flexibility index (Phi) is 6.43. The normalized spacial score (nSPS) is 12.2.